The highest BCUT2D eigenvalue weighted by Gasteiger charge is 2.26. The van der Waals surface area contributed by atoms with Gasteiger partial charge in [0.25, 0.3) is 0 Å². The first-order chi connectivity index (χ1) is 12.6. The number of likely N-dealkylation sites (tertiary alicyclic amines) is 1. The summed E-state index contributed by atoms with van der Waals surface area (Å²) in [6.07, 6.45) is 5.35. The number of carbonyl (C=O) groups excluding carboxylic acids is 2. The fourth-order valence-electron chi connectivity index (χ4n) is 3.36. The molecule has 0 spiro atoms. The van der Waals surface area contributed by atoms with E-state index in [2.05, 4.69) is 10.3 Å². The molecule has 6 nitrogen and oxygen atoms in total. The predicted molar refractivity (Wildman–Crippen MR) is 102 cm³/mol. The van der Waals surface area contributed by atoms with E-state index in [-0.39, 0.29) is 17.7 Å². The van der Waals surface area contributed by atoms with Gasteiger partial charge in [0, 0.05) is 49.3 Å². The Morgan fingerprint density at radius 1 is 1.23 bits per heavy atom. The third kappa shape index (κ3) is 3.22. The molecule has 1 aliphatic rings. The number of anilines is 1. The Labute approximate surface area is 155 Å². The zero-order valence-electron chi connectivity index (χ0n) is 14.5. The van der Waals surface area contributed by atoms with Gasteiger partial charge in [-0.3, -0.25) is 14.0 Å². The van der Waals surface area contributed by atoms with Crippen molar-refractivity contribution in [1.82, 2.24) is 14.3 Å². The maximum absolute atomic E-state index is 12.7. The Hall–Kier alpha value is -2.67. The summed E-state index contributed by atoms with van der Waals surface area (Å²) in [6, 6.07) is 7.74. The molecule has 2 aromatic heterocycles. The van der Waals surface area contributed by atoms with E-state index in [1.54, 1.807) is 23.2 Å². The average Bonchev–Trinajstić information content (AvgIpc) is 3.24. The van der Waals surface area contributed by atoms with E-state index in [0.717, 1.165) is 21.9 Å². The maximum atomic E-state index is 12.7. The molecular weight excluding hydrogens is 348 g/mol. The molecular formula is C19H20N4O2S. The number of thiazole rings is 1. The number of nitrogens with zero attached hydrogens (tertiary/aromatic N) is 3. The second-order valence-electron chi connectivity index (χ2n) is 6.53. The molecule has 1 aromatic carbocycles. The van der Waals surface area contributed by atoms with Crippen molar-refractivity contribution in [1.29, 1.82) is 0 Å². The second kappa shape index (κ2) is 6.92. The summed E-state index contributed by atoms with van der Waals surface area (Å²) in [6.45, 7) is 2.87. The summed E-state index contributed by atoms with van der Waals surface area (Å²) in [5.41, 5.74) is 2.54. The Bertz CT molecular complexity index is 925. The number of nitrogens with one attached hydrogen (secondary N) is 1. The van der Waals surface area contributed by atoms with Gasteiger partial charge in [0.1, 0.15) is 0 Å². The van der Waals surface area contributed by atoms with Gasteiger partial charge in [-0.2, -0.15) is 0 Å². The van der Waals surface area contributed by atoms with Crippen LogP contribution in [0.25, 0.3) is 16.2 Å². The quantitative estimate of drug-likeness (QED) is 0.772. The van der Waals surface area contributed by atoms with Crippen LogP contribution in [0.5, 0.6) is 0 Å². The fourth-order valence-corrected chi connectivity index (χ4v) is 4.06. The van der Waals surface area contributed by atoms with Crippen LogP contribution in [-0.2, 0) is 9.59 Å². The number of hydrogen-bond donors (Lipinski definition) is 1. The lowest BCUT2D eigenvalue weighted by atomic mass is 9.95. The number of hydrogen-bond acceptors (Lipinski definition) is 4. The van der Waals surface area contributed by atoms with Crippen molar-refractivity contribution >= 4 is 33.8 Å². The summed E-state index contributed by atoms with van der Waals surface area (Å²) in [5.74, 6) is 0.0276. The van der Waals surface area contributed by atoms with Gasteiger partial charge in [-0.05, 0) is 18.9 Å². The molecule has 0 saturated carbocycles. The van der Waals surface area contributed by atoms with Crippen LogP contribution in [0.4, 0.5) is 5.69 Å². The van der Waals surface area contributed by atoms with Crippen LogP contribution in [0.3, 0.4) is 0 Å². The summed E-state index contributed by atoms with van der Waals surface area (Å²) < 4.78 is 1.98. The third-order valence-corrected chi connectivity index (χ3v) is 5.64. The van der Waals surface area contributed by atoms with Crippen molar-refractivity contribution in [3.63, 3.8) is 0 Å². The van der Waals surface area contributed by atoms with Crippen molar-refractivity contribution in [2.24, 2.45) is 5.92 Å². The largest absolute Gasteiger partial charge is 0.343 e. The monoisotopic (exact) mass is 368 g/mol. The molecule has 1 aliphatic heterocycles. The lowest BCUT2D eigenvalue weighted by Gasteiger charge is -2.30. The zero-order chi connectivity index (χ0) is 18.1. The number of piperidine rings is 1. The molecule has 0 atom stereocenters. The van der Waals surface area contributed by atoms with Crippen LogP contribution in [0, 0.1) is 5.92 Å². The van der Waals surface area contributed by atoms with Gasteiger partial charge < -0.3 is 10.2 Å². The molecule has 1 N–H and O–H groups in total. The van der Waals surface area contributed by atoms with Crippen LogP contribution < -0.4 is 5.32 Å². The summed E-state index contributed by atoms with van der Waals surface area (Å²) >= 11 is 1.58. The van der Waals surface area contributed by atoms with Crippen molar-refractivity contribution < 1.29 is 9.59 Å². The van der Waals surface area contributed by atoms with Gasteiger partial charge in [0.15, 0.2) is 4.96 Å². The van der Waals surface area contributed by atoms with E-state index in [9.17, 15) is 9.59 Å². The lowest BCUT2D eigenvalue weighted by molar-refractivity contribution is -0.132. The standard InChI is InChI=1S/C19H20N4O2S/c1-13(24)22-8-6-14(7-9-22)18(25)20-16-5-3-2-4-15(16)17-12-23-10-11-26-19(23)21-17/h2-5,10-12,14H,6-9H2,1H3,(H,20,25). The minimum atomic E-state index is -0.0656. The summed E-state index contributed by atoms with van der Waals surface area (Å²) in [5, 5.41) is 5.06. The van der Waals surface area contributed by atoms with Gasteiger partial charge in [0.2, 0.25) is 11.8 Å². The average molecular weight is 368 g/mol. The number of rotatable bonds is 3. The SMILES string of the molecule is CC(=O)N1CCC(C(=O)Nc2ccccc2-c2cn3ccsc3n2)CC1. The Morgan fingerprint density at radius 3 is 2.73 bits per heavy atom. The normalized spacial score (nSPS) is 15.3. The van der Waals surface area contributed by atoms with E-state index in [0.29, 0.717) is 25.9 Å². The van der Waals surface area contributed by atoms with E-state index >= 15 is 0 Å². The number of para-hydroxylation sites is 1. The molecule has 2 amide bonds. The zero-order valence-corrected chi connectivity index (χ0v) is 15.3. The number of aromatic nitrogens is 2. The molecule has 0 radical (unpaired) electrons. The maximum Gasteiger partial charge on any atom is 0.227 e. The first kappa shape index (κ1) is 16.8. The van der Waals surface area contributed by atoms with Crippen LogP contribution in [-0.4, -0.2) is 39.2 Å². The van der Waals surface area contributed by atoms with E-state index in [1.165, 1.54) is 0 Å². The highest BCUT2D eigenvalue weighted by molar-refractivity contribution is 7.15. The topological polar surface area (TPSA) is 66.7 Å². The summed E-state index contributed by atoms with van der Waals surface area (Å²) in [4.78, 5) is 31.5. The molecule has 7 heteroatoms. The van der Waals surface area contributed by atoms with Gasteiger partial charge in [0.05, 0.1) is 11.4 Å². The minimum Gasteiger partial charge on any atom is -0.343 e. The van der Waals surface area contributed by atoms with Gasteiger partial charge >= 0.3 is 0 Å². The van der Waals surface area contributed by atoms with E-state index in [1.807, 2.05) is 46.4 Å². The molecule has 3 aromatic rings. The number of carbonyl (C=O) groups is 2. The molecule has 0 bridgehead atoms. The fraction of sp³-hybridized carbons (Fsp3) is 0.316. The molecule has 26 heavy (non-hydrogen) atoms. The summed E-state index contributed by atoms with van der Waals surface area (Å²) in [7, 11) is 0. The smallest absolute Gasteiger partial charge is 0.227 e. The van der Waals surface area contributed by atoms with E-state index in [4.69, 9.17) is 0 Å². The molecule has 1 saturated heterocycles. The van der Waals surface area contributed by atoms with Crippen molar-refractivity contribution in [3.05, 3.63) is 42.0 Å². The molecule has 0 unspecified atom stereocenters. The third-order valence-electron chi connectivity index (χ3n) is 4.87. The number of fused-ring (bicyclic) bond motifs is 1. The first-order valence-electron chi connectivity index (χ1n) is 8.70. The lowest BCUT2D eigenvalue weighted by Crippen LogP contribution is -2.40. The Balaban J connectivity index is 1.51. The van der Waals surface area contributed by atoms with E-state index < -0.39 is 0 Å². The minimum absolute atomic E-state index is 0.0154. The van der Waals surface area contributed by atoms with Crippen molar-refractivity contribution in [3.8, 4) is 11.3 Å². The van der Waals surface area contributed by atoms with Crippen LogP contribution in [0.1, 0.15) is 19.8 Å². The first-order valence-corrected chi connectivity index (χ1v) is 9.58. The van der Waals surface area contributed by atoms with Gasteiger partial charge in [-0.15, -0.1) is 11.3 Å². The van der Waals surface area contributed by atoms with Crippen LogP contribution in [0.2, 0.25) is 0 Å². The van der Waals surface area contributed by atoms with Crippen LogP contribution in [0.15, 0.2) is 42.0 Å². The highest BCUT2D eigenvalue weighted by atomic mass is 32.1. The second-order valence-corrected chi connectivity index (χ2v) is 7.41. The molecule has 3 heterocycles. The Morgan fingerprint density at radius 2 is 2.00 bits per heavy atom. The number of imidazole rings is 1. The molecule has 1 fully saturated rings. The van der Waals surface area contributed by atoms with Crippen molar-refractivity contribution in [2.45, 2.75) is 19.8 Å². The number of benzene rings is 1. The van der Waals surface area contributed by atoms with Gasteiger partial charge in [-0.1, -0.05) is 18.2 Å². The predicted octanol–water partition coefficient (Wildman–Crippen LogP) is 3.26. The molecule has 4 rings (SSSR count). The Kier molecular flexibility index (Phi) is 4.46. The van der Waals surface area contributed by atoms with Gasteiger partial charge in [-0.25, -0.2) is 4.98 Å². The highest BCUT2D eigenvalue weighted by Crippen LogP contribution is 2.29. The molecule has 0 aliphatic carbocycles. The molecule has 134 valence electrons. The number of amides is 2. The van der Waals surface area contributed by atoms with Crippen LogP contribution >= 0.6 is 11.3 Å². The van der Waals surface area contributed by atoms with Crippen molar-refractivity contribution in [2.75, 3.05) is 18.4 Å².